The van der Waals surface area contributed by atoms with Gasteiger partial charge in [-0.1, -0.05) is 32.6 Å². The van der Waals surface area contributed by atoms with Gasteiger partial charge in [-0.05, 0) is 13.0 Å². The first-order chi connectivity index (χ1) is 5.76. The van der Waals surface area contributed by atoms with Crippen LogP contribution in [-0.4, -0.2) is 6.29 Å². The molecular formula is C10H15FO. The zero-order valence-corrected chi connectivity index (χ0v) is 7.80. The predicted molar refractivity (Wildman–Crippen MR) is 50.6 cm³/mol. The second-order valence-electron chi connectivity index (χ2n) is 1.61. The minimum absolute atomic E-state index is 0.0255. The summed E-state index contributed by atoms with van der Waals surface area (Å²) < 4.78 is 12.5. The summed E-state index contributed by atoms with van der Waals surface area (Å²) in [5, 5.41) is 0. The minimum atomic E-state index is -0.519. The van der Waals surface area contributed by atoms with Crippen LogP contribution in [0.5, 0.6) is 0 Å². The van der Waals surface area contributed by atoms with Crippen LogP contribution in [0.3, 0.4) is 0 Å². The van der Waals surface area contributed by atoms with Crippen molar-refractivity contribution in [3.05, 3.63) is 36.2 Å². The van der Waals surface area contributed by atoms with E-state index >= 15 is 0 Å². The molecule has 0 radical (unpaired) electrons. The number of carbonyl (C=O) groups excluding carboxylic acids is 1. The van der Waals surface area contributed by atoms with E-state index in [0.29, 0.717) is 6.29 Å². The van der Waals surface area contributed by atoms with E-state index in [1.54, 1.807) is 0 Å². The van der Waals surface area contributed by atoms with Crippen molar-refractivity contribution in [2.45, 2.75) is 20.8 Å². The van der Waals surface area contributed by atoms with Crippen LogP contribution >= 0.6 is 0 Å². The Hall–Kier alpha value is -1.18. The van der Waals surface area contributed by atoms with Crippen molar-refractivity contribution in [1.29, 1.82) is 0 Å². The maximum Gasteiger partial charge on any atom is 0.152 e. The van der Waals surface area contributed by atoms with Crippen LogP contribution in [0.2, 0.25) is 0 Å². The topological polar surface area (TPSA) is 17.1 Å². The van der Waals surface area contributed by atoms with Crippen molar-refractivity contribution in [2.24, 2.45) is 0 Å². The molecule has 0 saturated heterocycles. The molecule has 0 saturated carbocycles. The average molecular weight is 170 g/mol. The fourth-order valence-electron chi connectivity index (χ4n) is 0.469. The van der Waals surface area contributed by atoms with Crippen LogP contribution in [0.15, 0.2) is 36.2 Å². The fraction of sp³-hybridized carbons (Fsp3) is 0.300. The number of carbonyl (C=O) groups is 1. The molecule has 0 spiro atoms. The van der Waals surface area contributed by atoms with E-state index in [1.807, 2.05) is 13.8 Å². The summed E-state index contributed by atoms with van der Waals surface area (Å²) in [6.07, 6.45) is 4.37. The van der Waals surface area contributed by atoms with Gasteiger partial charge in [-0.25, -0.2) is 4.39 Å². The minimum Gasteiger partial charge on any atom is -0.298 e. The Balaban J connectivity index is 0. The molecule has 0 aliphatic rings. The van der Waals surface area contributed by atoms with Gasteiger partial charge in [0.1, 0.15) is 5.83 Å². The number of aldehydes is 1. The fourth-order valence-corrected chi connectivity index (χ4v) is 0.469. The number of hydrogen-bond acceptors (Lipinski definition) is 1. The summed E-state index contributed by atoms with van der Waals surface area (Å²) in [4.78, 5) is 10.1. The summed E-state index contributed by atoms with van der Waals surface area (Å²) in [5.41, 5.74) is 0.0255. The van der Waals surface area contributed by atoms with E-state index in [9.17, 15) is 9.18 Å². The van der Waals surface area contributed by atoms with E-state index in [2.05, 4.69) is 6.58 Å². The summed E-state index contributed by atoms with van der Waals surface area (Å²) in [5.74, 6) is -0.519. The van der Waals surface area contributed by atoms with Crippen molar-refractivity contribution < 1.29 is 9.18 Å². The van der Waals surface area contributed by atoms with Gasteiger partial charge in [0.05, 0.1) is 0 Å². The predicted octanol–water partition coefficient (Wildman–Crippen LogP) is 3.20. The van der Waals surface area contributed by atoms with Crippen LogP contribution in [0.1, 0.15) is 20.8 Å². The Morgan fingerprint density at radius 1 is 1.42 bits per heavy atom. The smallest absolute Gasteiger partial charge is 0.152 e. The summed E-state index contributed by atoms with van der Waals surface area (Å²) >= 11 is 0. The van der Waals surface area contributed by atoms with Crippen molar-refractivity contribution in [3.8, 4) is 0 Å². The molecule has 0 N–H and O–H groups in total. The third-order valence-electron chi connectivity index (χ3n) is 0.954. The van der Waals surface area contributed by atoms with Crippen molar-refractivity contribution in [1.82, 2.24) is 0 Å². The molecule has 0 fully saturated rings. The van der Waals surface area contributed by atoms with Gasteiger partial charge in [0.15, 0.2) is 6.29 Å². The highest BCUT2D eigenvalue weighted by molar-refractivity contribution is 5.79. The molecule has 0 aromatic rings. The van der Waals surface area contributed by atoms with Gasteiger partial charge in [-0.2, -0.15) is 0 Å². The SMILES string of the molecule is C=C/C=C(C=O)\C(F)=C/C.CC. The summed E-state index contributed by atoms with van der Waals surface area (Å²) in [7, 11) is 0. The van der Waals surface area contributed by atoms with E-state index in [1.165, 1.54) is 25.2 Å². The molecule has 0 aliphatic heterocycles. The standard InChI is InChI=1S/C8H9FO.C2H6/c1-3-5-7(6-10)8(9)4-2;1-2/h3-6H,1H2,2H3;1-2H3/b7-5-,8-4+;. The van der Waals surface area contributed by atoms with Crippen molar-refractivity contribution in [3.63, 3.8) is 0 Å². The van der Waals surface area contributed by atoms with Gasteiger partial charge in [0.25, 0.3) is 0 Å². The van der Waals surface area contributed by atoms with Crippen LogP contribution in [0.25, 0.3) is 0 Å². The van der Waals surface area contributed by atoms with E-state index in [4.69, 9.17) is 0 Å². The van der Waals surface area contributed by atoms with E-state index in [-0.39, 0.29) is 5.57 Å². The molecular weight excluding hydrogens is 155 g/mol. The molecule has 0 aromatic carbocycles. The van der Waals surface area contributed by atoms with E-state index < -0.39 is 5.83 Å². The third kappa shape index (κ3) is 5.59. The van der Waals surface area contributed by atoms with Gasteiger partial charge >= 0.3 is 0 Å². The Morgan fingerprint density at radius 3 is 2.17 bits per heavy atom. The second kappa shape index (κ2) is 9.82. The normalized spacial score (nSPS) is 11.3. The van der Waals surface area contributed by atoms with Gasteiger partial charge in [0.2, 0.25) is 0 Å². The zero-order valence-electron chi connectivity index (χ0n) is 7.80. The lowest BCUT2D eigenvalue weighted by Gasteiger charge is -1.89. The number of allylic oxidation sites excluding steroid dienone is 5. The van der Waals surface area contributed by atoms with Crippen LogP contribution in [0, 0.1) is 0 Å². The lowest BCUT2D eigenvalue weighted by molar-refractivity contribution is -0.104. The molecule has 0 rings (SSSR count). The van der Waals surface area contributed by atoms with Crippen LogP contribution in [0.4, 0.5) is 4.39 Å². The Bertz CT molecular complexity index is 190. The maximum absolute atomic E-state index is 12.5. The monoisotopic (exact) mass is 170 g/mol. The highest BCUT2D eigenvalue weighted by Crippen LogP contribution is 2.07. The Labute approximate surface area is 73.3 Å². The molecule has 0 atom stereocenters. The molecule has 0 amide bonds. The van der Waals surface area contributed by atoms with Gasteiger partial charge in [0, 0.05) is 5.57 Å². The molecule has 68 valence electrons. The molecule has 12 heavy (non-hydrogen) atoms. The number of halogens is 1. The van der Waals surface area contributed by atoms with Crippen molar-refractivity contribution >= 4 is 6.29 Å². The first-order valence-electron chi connectivity index (χ1n) is 3.86. The Morgan fingerprint density at radius 2 is 1.92 bits per heavy atom. The first kappa shape index (κ1) is 13.4. The van der Waals surface area contributed by atoms with Gasteiger partial charge < -0.3 is 0 Å². The summed E-state index contributed by atoms with van der Waals surface area (Å²) in [6, 6.07) is 0. The third-order valence-corrected chi connectivity index (χ3v) is 0.954. The van der Waals surface area contributed by atoms with Crippen LogP contribution < -0.4 is 0 Å². The zero-order chi connectivity index (χ0) is 9.98. The quantitative estimate of drug-likeness (QED) is 0.361. The number of rotatable bonds is 3. The molecule has 0 aliphatic carbocycles. The van der Waals surface area contributed by atoms with Crippen LogP contribution in [-0.2, 0) is 4.79 Å². The highest BCUT2D eigenvalue weighted by atomic mass is 19.1. The molecule has 1 nitrogen and oxygen atoms in total. The number of hydrogen-bond donors (Lipinski definition) is 0. The van der Waals surface area contributed by atoms with Gasteiger partial charge in [-0.3, -0.25) is 4.79 Å². The van der Waals surface area contributed by atoms with E-state index in [0.717, 1.165) is 0 Å². The molecule has 0 unspecified atom stereocenters. The maximum atomic E-state index is 12.5. The lowest BCUT2D eigenvalue weighted by Crippen LogP contribution is -1.83. The molecule has 0 aromatic heterocycles. The first-order valence-corrected chi connectivity index (χ1v) is 3.86. The van der Waals surface area contributed by atoms with Gasteiger partial charge in [-0.15, -0.1) is 0 Å². The molecule has 2 heteroatoms. The second-order valence-corrected chi connectivity index (χ2v) is 1.61. The largest absolute Gasteiger partial charge is 0.298 e. The van der Waals surface area contributed by atoms with Crippen molar-refractivity contribution in [2.75, 3.05) is 0 Å². The molecule has 0 bridgehead atoms. The Kier molecular flexibility index (Phi) is 11.0. The highest BCUT2D eigenvalue weighted by Gasteiger charge is 1.97. The summed E-state index contributed by atoms with van der Waals surface area (Å²) in [6.45, 7) is 8.86. The lowest BCUT2D eigenvalue weighted by atomic mass is 10.2. The molecule has 0 heterocycles. The average Bonchev–Trinajstić information content (AvgIpc) is 2.16.